The van der Waals surface area contributed by atoms with Crippen LogP contribution < -0.4 is 15.4 Å². The fourth-order valence-electron chi connectivity index (χ4n) is 1.96. The maximum atomic E-state index is 10.9. The third-order valence-electron chi connectivity index (χ3n) is 3.20. The van der Waals surface area contributed by atoms with E-state index in [-0.39, 0.29) is 5.97 Å². The third kappa shape index (κ3) is 7.26. The van der Waals surface area contributed by atoms with Crippen molar-refractivity contribution in [1.29, 1.82) is 0 Å². The second-order valence-corrected chi connectivity index (χ2v) is 5.22. The molecule has 0 spiro atoms. The van der Waals surface area contributed by atoms with Gasteiger partial charge in [0.05, 0.1) is 14.2 Å². The normalized spacial score (nSPS) is 9.91. The Hall–Kier alpha value is -1.82. The van der Waals surface area contributed by atoms with E-state index in [1.54, 1.807) is 7.11 Å². The molecule has 0 aliphatic rings. The second kappa shape index (κ2) is 10.8. The van der Waals surface area contributed by atoms with Crippen LogP contribution in [0.2, 0.25) is 0 Å². The fourth-order valence-corrected chi connectivity index (χ4v) is 2.14. The van der Waals surface area contributed by atoms with Crippen LogP contribution in [0.25, 0.3) is 0 Å². The zero-order valence-corrected chi connectivity index (χ0v) is 14.0. The summed E-state index contributed by atoms with van der Waals surface area (Å²) in [7, 11) is 3.07. The van der Waals surface area contributed by atoms with E-state index in [9.17, 15) is 4.79 Å². The van der Waals surface area contributed by atoms with Gasteiger partial charge in [-0.15, -0.1) is 0 Å². The first-order chi connectivity index (χ1) is 10.7. The fraction of sp³-hybridized carbons (Fsp3) is 0.500. The van der Waals surface area contributed by atoms with Crippen LogP contribution >= 0.6 is 12.2 Å². The Labute approximate surface area is 137 Å². The van der Waals surface area contributed by atoms with Crippen molar-refractivity contribution in [3.63, 3.8) is 0 Å². The minimum Gasteiger partial charge on any atom is -0.496 e. The standard InChI is InChI=1S/C16H24N2O3S/c1-20-14-9-6-5-8-13(14)12-18-16(22)17-11-7-3-4-10-15(19)21-2/h5-6,8-9H,3-4,7,10-12H2,1-2H3,(H2,17,18,22). The van der Waals surface area contributed by atoms with Crippen molar-refractivity contribution in [3.8, 4) is 5.75 Å². The molecule has 0 unspecified atom stereocenters. The molecule has 0 saturated heterocycles. The Balaban J connectivity index is 2.12. The van der Waals surface area contributed by atoms with Gasteiger partial charge in [-0.05, 0) is 31.1 Å². The molecular weight excluding hydrogens is 300 g/mol. The molecule has 0 amide bonds. The highest BCUT2D eigenvalue weighted by atomic mass is 32.1. The molecule has 6 heteroatoms. The SMILES string of the molecule is COC(=O)CCCCCNC(=S)NCc1ccccc1OC. The number of rotatable bonds is 9. The van der Waals surface area contributed by atoms with Gasteiger partial charge in [0, 0.05) is 25.1 Å². The van der Waals surface area contributed by atoms with Gasteiger partial charge in [0.25, 0.3) is 0 Å². The number of hydrogen-bond acceptors (Lipinski definition) is 4. The molecule has 0 aliphatic heterocycles. The number of esters is 1. The number of benzene rings is 1. The lowest BCUT2D eigenvalue weighted by atomic mass is 10.2. The Morgan fingerprint density at radius 3 is 2.64 bits per heavy atom. The van der Waals surface area contributed by atoms with E-state index in [4.69, 9.17) is 17.0 Å². The van der Waals surface area contributed by atoms with Gasteiger partial charge in [0.15, 0.2) is 5.11 Å². The van der Waals surface area contributed by atoms with Crippen molar-refractivity contribution < 1.29 is 14.3 Å². The van der Waals surface area contributed by atoms with Gasteiger partial charge in [0.2, 0.25) is 0 Å². The Morgan fingerprint density at radius 1 is 1.14 bits per heavy atom. The molecule has 0 aliphatic carbocycles. The molecule has 0 saturated carbocycles. The number of nitrogens with one attached hydrogen (secondary N) is 2. The number of carbonyl (C=O) groups is 1. The van der Waals surface area contributed by atoms with Crippen LogP contribution in [0.15, 0.2) is 24.3 Å². The predicted octanol–water partition coefficient (Wildman–Crippen LogP) is 2.39. The molecule has 22 heavy (non-hydrogen) atoms. The Kier molecular flexibility index (Phi) is 8.98. The minimum absolute atomic E-state index is 0.151. The van der Waals surface area contributed by atoms with Crippen molar-refractivity contribution in [2.45, 2.75) is 32.2 Å². The van der Waals surface area contributed by atoms with Gasteiger partial charge < -0.3 is 20.1 Å². The molecule has 5 nitrogen and oxygen atoms in total. The summed E-state index contributed by atoms with van der Waals surface area (Å²) >= 11 is 5.23. The van der Waals surface area contributed by atoms with Crippen LogP contribution in [0.3, 0.4) is 0 Å². The van der Waals surface area contributed by atoms with Gasteiger partial charge in [-0.1, -0.05) is 24.6 Å². The highest BCUT2D eigenvalue weighted by Gasteiger charge is 2.02. The van der Waals surface area contributed by atoms with Gasteiger partial charge in [-0.2, -0.15) is 0 Å². The van der Waals surface area contributed by atoms with Crippen LogP contribution in [0.5, 0.6) is 5.75 Å². The first-order valence-corrected chi connectivity index (χ1v) is 7.78. The highest BCUT2D eigenvalue weighted by molar-refractivity contribution is 7.80. The maximum absolute atomic E-state index is 10.9. The number of ether oxygens (including phenoxy) is 2. The van der Waals surface area contributed by atoms with Crippen LogP contribution in [0.4, 0.5) is 0 Å². The van der Waals surface area contributed by atoms with Crippen molar-refractivity contribution >= 4 is 23.3 Å². The van der Waals surface area contributed by atoms with Gasteiger partial charge in [0.1, 0.15) is 5.75 Å². The van der Waals surface area contributed by atoms with Crippen molar-refractivity contribution in [2.24, 2.45) is 0 Å². The molecule has 0 heterocycles. The monoisotopic (exact) mass is 324 g/mol. The summed E-state index contributed by atoms with van der Waals surface area (Å²) in [6.07, 6.45) is 3.26. The molecule has 1 aromatic rings. The number of hydrogen-bond donors (Lipinski definition) is 2. The van der Waals surface area contributed by atoms with E-state index in [1.807, 2.05) is 24.3 Å². The summed E-state index contributed by atoms with van der Waals surface area (Å²) in [6.45, 7) is 1.41. The van der Waals surface area contributed by atoms with Gasteiger partial charge in [-0.25, -0.2) is 0 Å². The summed E-state index contributed by atoms with van der Waals surface area (Å²) in [5.74, 6) is 0.697. The summed E-state index contributed by atoms with van der Waals surface area (Å²) in [6, 6.07) is 7.83. The lowest BCUT2D eigenvalue weighted by molar-refractivity contribution is -0.140. The number of methoxy groups -OCH3 is 2. The van der Waals surface area contributed by atoms with Crippen molar-refractivity contribution in [2.75, 3.05) is 20.8 Å². The van der Waals surface area contributed by atoms with E-state index in [0.29, 0.717) is 18.1 Å². The van der Waals surface area contributed by atoms with Crippen LogP contribution in [0, 0.1) is 0 Å². The zero-order chi connectivity index (χ0) is 16.2. The lowest BCUT2D eigenvalue weighted by Crippen LogP contribution is -2.35. The molecule has 1 aromatic carbocycles. The number of para-hydroxylation sites is 1. The Bertz CT molecular complexity index is 480. The average molecular weight is 324 g/mol. The maximum Gasteiger partial charge on any atom is 0.305 e. The highest BCUT2D eigenvalue weighted by Crippen LogP contribution is 2.16. The summed E-state index contributed by atoms with van der Waals surface area (Å²) in [5, 5.41) is 6.94. The zero-order valence-electron chi connectivity index (χ0n) is 13.2. The van der Waals surface area contributed by atoms with Crippen LogP contribution in [0.1, 0.15) is 31.2 Å². The predicted molar refractivity (Wildman–Crippen MR) is 90.9 cm³/mol. The van der Waals surface area contributed by atoms with E-state index in [1.165, 1.54) is 7.11 Å². The average Bonchev–Trinajstić information content (AvgIpc) is 2.55. The molecule has 0 radical (unpaired) electrons. The smallest absolute Gasteiger partial charge is 0.305 e. The summed E-state index contributed by atoms with van der Waals surface area (Å²) in [4.78, 5) is 10.9. The Morgan fingerprint density at radius 2 is 1.91 bits per heavy atom. The molecule has 1 rings (SSSR count). The quantitative estimate of drug-likeness (QED) is 0.413. The molecule has 0 fully saturated rings. The molecule has 0 atom stereocenters. The van der Waals surface area contributed by atoms with E-state index in [2.05, 4.69) is 15.4 Å². The lowest BCUT2D eigenvalue weighted by Gasteiger charge is -2.12. The summed E-state index contributed by atoms with van der Waals surface area (Å²) in [5.41, 5.74) is 1.06. The molecule has 122 valence electrons. The number of carbonyl (C=O) groups excluding carboxylic acids is 1. The van der Waals surface area contributed by atoms with Crippen LogP contribution in [-0.2, 0) is 16.1 Å². The van der Waals surface area contributed by atoms with E-state index >= 15 is 0 Å². The van der Waals surface area contributed by atoms with E-state index < -0.39 is 0 Å². The first kappa shape index (κ1) is 18.2. The summed E-state index contributed by atoms with van der Waals surface area (Å²) < 4.78 is 9.88. The van der Waals surface area contributed by atoms with Crippen molar-refractivity contribution in [3.05, 3.63) is 29.8 Å². The molecule has 0 aromatic heterocycles. The second-order valence-electron chi connectivity index (χ2n) is 4.81. The van der Waals surface area contributed by atoms with Gasteiger partial charge >= 0.3 is 5.97 Å². The topological polar surface area (TPSA) is 59.6 Å². The van der Waals surface area contributed by atoms with Gasteiger partial charge in [-0.3, -0.25) is 4.79 Å². The number of thiocarbonyl (C=S) groups is 1. The minimum atomic E-state index is -0.151. The van der Waals surface area contributed by atoms with Crippen LogP contribution in [-0.4, -0.2) is 31.8 Å². The van der Waals surface area contributed by atoms with E-state index in [0.717, 1.165) is 37.1 Å². The molecular formula is C16H24N2O3S. The largest absolute Gasteiger partial charge is 0.496 e. The molecule has 2 N–H and O–H groups in total. The third-order valence-corrected chi connectivity index (χ3v) is 3.49. The van der Waals surface area contributed by atoms with Crippen molar-refractivity contribution in [1.82, 2.24) is 10.6 Å². The first-order valence-electron chi connectivity index (χ1n) is 7.37. The number of unbranched alkanes of at least 4 members (excludes halogenated alkanes) is 2. The molecule has 0 bridgehead atoms.